The third kappa shape index (κ3) is 4.48. The highest BCUT2D eigenvalue weighted by atomic mass is 127. The molecule has 1 aromatic carbocycles. The summed E-state index contributed by atoms with van der Waals surface area (Å²) >= 11 is 2.24. The number of halogens is 1. The highest BCUT2D eigenvalue weighted by molar-refractivity contribution is 14.1. The summed E-state index contributed by atoms with van der Waals surface area (Å²) in [6.07, 6.45) is 6.51. The molecule has 1 fully saturated rings. The minimum absolute atomic E-state index is 0.0659. The van der Waals surface area contributed by atoms with Crippen molar-refractivity contribution < 1.29 is 4.79 Å². The lowest BCUT2D eigenvalue weighted by Gasteiger charge is -2.27. The van der Waals surface area contributed by atoms with Crippen LogP contribution in [-0.4, -0.2) is 12.5 Å². The molecule has 104 valence electrons. The number of carbonyl (C=O) groups excluding carboxylic acids is 1. The Morgan fingerprint density at radius 3 is 2.58 bits per heavy atom. The van der Waals surface area contributed by atoms with E-state index in [9.17, 15) is 4.79 Å². The first-order chi connectivity index (χ1) is 9.19. The molecule has 0 aromatic heterocycles. The van der Waals surface area contributed by atoms with Crippen molar-refractivity contribution in [1.82, 2.24) is 5.32 Å². The lowest BCUT2D eigenvalue weighted by molar-refractivity contribution is 0.0941. The summed E-state index contributed by atoms with van der Waals surface area (Å²) in [6.45, 7) is 3.12. The van der Waals surface area contributed by atoms with Crippen LogP contribution in [0, 0.1) is 15.4 Å². The fraction of sp³-hybridized carbons (Fsp3) is 0.562. The molecule has 0 heterocycles. The quantitative estimate of drug-likeness (QED) is 0.789. The van der Waals surface area contributed by atoms with Crippen molar-refractivity contribution in [2.24, 2.45) is 11.8 Å². The monoisotopic (exact) mass is 371 g/mol. The van der Waals surface area contributed by atoms with Crippen molar-refractivity contribution in [1.29, 1.82) is 0 Å². The Kier molecular flexibility index (Phi) is 5.67. The molecule has 2 nitrogen and oxygen atoms in total. The minimum atomic E-state index is 0.0659. The summed E-state index contributed by atoms with van der Waals surface area (Å²) in [5, 5.41) is 3.09. The van der Waals surface area contributed by atoms with Gasteiger partial charge in [-0.05, 0) is 65.5 Å². The van der Waals surface area contributed by atoms with E-state index in [1.54, 1.807) is 0 Å². The first-order valence-electron chi connectivity index (χ1n) is 7.22. The maximum Gasteiger partial charge on any atom is 0.251 e. The summed E-state index contributed by atoms with van der Waals surface area (Å²) in [4.78, 5) is 12.0. The first kappa shape index (κ1) is 14.8. The molecule has 1 aromatic rings. The minimum Gasteiger partial charge on any atom is -0.352 e. The van der Waals surface area contributed by atoms with E-state index in [0.29, 0.717) is 5.92 Å². The summed E-state index contributed by atoms with van der Waals surface area (Å²) in [6, 6.07) is 7.75. The predicted octanol–water partition coefficient (Wildman–Crippen LogP) is 4.24. The van der Waals surface area contributed by atoms with Gasteiger partial charge in [-0.3, -0.25) is 4.79 Å². The Morgan fingerprint density at radius 1 is 1.26 bits per heavy atom. The molecule has 0 aliphatic heterocycles. The molecule has 0 saturated heterocycles. The summed E-state index contributed by atoms with van der Waals surface area (Å²) in [5.74, 6) is 1.66. The molecule has 0 atom stereocenters. The van der Waals surface area contributed by atoms with Gasteiger partial charge in [-0.15, -0.1) is 0 Å². The SMILES string of the molecule is CCC1CCC(CNC(=O)c2cccc(I)c2)CC1. The van der Waals surface area contributed by atoms with Crippen LogP contribution in [0.3, 0.4) is 0 Å². The van der Waals surface area contributed by atoms with Gasteiger partial charge in [-0.25, -0.2) is 0 Å². The van der Waals surface area contributed by atoms with E-state index < -0.39 is 0 Å². The second-order valence-corrected chi connectivity index (χ2v) is 6.76. The van der Waals surface area contributed by atoms with Gasteiger partial charge in [0, 0.05) is 15.7 Å². The van der Waals surface area contributed by atoms with Gasteiger partial charge in [-0.2, -0.15) is 0 Å². The van der Waals surface area contributed by atoms with Gasteiger partial charge >= 0.3 is 0 Å². The zero-order chi connectivity index (χ0) is 13.7. The number of hydrogen-bond donors (Lipinski definition) is 1. The van der Waals surface area contributed by atoms with E-state index in [0.717, 1.165) is 21.6 Å². The highest BCUT2D eigenvalue weighted by Gasteiger charge is 2.20. The van der Waals surface area contributed by atoms with Gasteiger partial charge in [0.05, 0.1) is 0 Å². The molecule has 0 unspecified atom stereocenters. The summed E-state index contributed by atoms with van der Waals surface area (Å²) < 4.78 is 1.11. The molecule has 3 heteroatoms. The fourth-order valence-electron chi connectivity index (χ4n) is 2.81. The molecule has 1 N–H and O–H groups in total. The van der Waals surface area contributed by atoms with E-state index in [2.05, 4.69) is 34.8 Å². The second kappa shape index (κ2) is 7.27. The number of hydrogen-bond acceptors (Lipinski definition) is 1. The van der Waals surface area contributed by atoms with Crippen molar-refractivity contribution in [3.8, 4) is 0 Å². The molecule has 0 bridgehead atoms. The van der Waals surface area contributed by atoms with Crippen molar-refractivity contribution in [2.45, 2.75) is 39.0 Å². The lowest BCUT2D eigenvalue weighted by atomic mass is 9.81. The topological polar surface area (TPSA) is 29.1 Å². The number of nitrogens with one attached hydrogen (secondary N) is 1. The van der Waals surface area contributed by atoms with Crippen LogP contribution in [-0.2, 0) is 0 Å². The molecule has 1 aliphatic carbocycles. The van der Waals surface area contributed by atoms with E-state index in [4.69, 9.17) is 0 Å². The van der Waals surface area contributed by atoms with Gasteiger partial charge in [0.15, 0.2) is 0 Å². The van der Waals surface area contributed by atoms with Crippen molar-refractivity contribution in [2.75, 3.05) is 6.54 Å². The summed E-state index contributed by atoms with van der Waals surface area (Å²) in [7, 11) is 0. The Bertz CT molecular complexity index is 425. The average Bonchev–Trinajstić information content (AvgIpc) is 2.45. The number of amides is 1. The number of benzene rings is 1. The van der Waals surface area contributed by atoms with Crippen LogP contribution in [0.4, 0.5) is 0 Å². The Labute approximate surface area is 129 Å². The van der Waals surface area contributed by atoms with Crippen LogP contribution in [0.2, 0.25) is 0 Å². The smallest absolute Gasteiger partial charge is 0.251 e. The number of carbonyl (C=O) groups is 1. The molecule has 1 amide bonds. The van der Waals surface area contributed by atoms with Crippen LogP contribution < -0.4 is 5.32 Å². The van der Waals surface area contributed by atoms with Crippen LogP contribution >= 0.6 is 22.6 Å². The second-order valence-electron chi connectivity index (χ2n) is 5.52. The van der Waals surface area contributed by atoms with Gasteiger partial charge in [0.25, 0.3) is 5.91 Å². The highest BCUT2D eigenvalue weighted by Crippen LogP contribution is 2.30. The average molecular weight is 371 g/mol. The first-order valence-corrected chi connectivity index (χ1v) is 8.30. The largest absolute Gasteiger partial charge is 0.352 e. The molecule has 1 saturated carbocycles. The van der Waals surface area contributed by atoms with Crippen molar-refractivity contribution in [3.63, 3.8) is 0 Å². The summed E-state index contributed by atoms with van der Waals surface area (Å²) in [5.41, 5.74) is 0.772. The van der Waals surface area contributed by atoms with E-state index >= 15 is 0 Å². The van der Waals surface area contributed by atoms with E-state index in [1.165, 1.54) is 32.1 Å². The van der Waals surface area contributed by atoms with E-state index in [-0.39, 0.29) is 5.91 Å². The van der Waals surface area contributed by atoms with Crippen molar-refractivity contribution in [3.05, 3.63) is 33.4 Å². The third-order valence-corrected chi connectivity index (χ3v) is 4.85. The predicted molar refractivity (Wildman–Crippen MR) is 87.2 cm³/mol. The van der Waals surface area contributed by atoms with Crippen molar-refractivity contribution >= 4 is 28.5 Å². The standard InChI is InChI=1S/C16H22INO/c1-2-12-6-8-13(9-7-12)11-18-16(19)14-4-3-5-15(17)10-14/h3-5,10,12-13H,2,6-9,11H2,1H3,(H,18,19). The van der Waals surface area contributed by atoms with Crippen LogP contribution in [0.15, 0.2) is 24.3 Å². The Balaban J connectivity index is 1.78. The van der Waals surface area contributed by atoms with Crippen LogP contribution in [0.25, 0.3) is 0 Å². The zero-order valence-electron chi connectivity index (χ0n) is 11.5. The van der Waals surface area contributed by atoms with Gasteiger partial charge in [0.2, 0.25) is 0 Å². The van der Waals surface area contributed by atoms with Crippen LogP contribution in [0.1, 0.15) is 49.4 Å². The molecule has 19 heavy (non-hydrogen) atoms. The molecule has 2 rings (SSSR count). The van der Waals surface area contributed by atoms with Gasteiger partial charge in [0.1, 0.15) is 0 Å². The third-order valence-electron chi connectivity index (χ3n) is 4.18. The fourth-order valence-corrected chi connectivity index (χ4v) is 3.36. The molecule has 0 radical (unpaired) electrons. The maximum absolute atomic E-state index is 12.0. The maximum atomic E-state index is 12.0. The van der Waals surface area contributed by atoms with E-state index in [1.807, 2.05) is 24.3 Å². The number of rotatable bonds is 4. The van der Waals surface area contributed by atoms with Gasteiger partial charge < -0.3 is 5.32 Å². The van der Waals surface area contributed by atoms with Crippen LogP contribution in [0.5, 0.6) is 0 Å². The Hall–Kier alpha value is -0.580. The molecular formula is C16H22INO. The normalized spacial score (nSPS) is 23.1. The zero-order valence-corrected chi connectivity index (χ0v) is 13.7. The Morgan fingerprint density at radius 2 is 1.95 bits per heavy atom. The molecule has 0 spiro atoms. The lowest BCUT2D eigenvalue weighted by Crippen LogP contribution is -2.31. The molecular weight excluding hydrogens is 349 g/mol. The van der Waals surface area contributed by atoms with Gasteiger partial charge in [-0.1, -0.05) is 32.3 Å². The molecule has 1 aliphatic rings.